The molecule has 4 saturated carbocycles. The monoisotopic (exact) mass is 833 g/mol. The van der Waals surface area contributed by atoms with Crippen LogP contribution in [0.1, 0.15) is 89.0 Å². The van der Waals surface area contributed by atoms with Crippen molar-refractivity contribution in [3.05, 3.63) is 54.6 Å². The summed E-state index contributed by atoms with van der Waals surface area (Å²) in [6, 6.07) is 5.34. The molecule has 4 amide bonds. The van der Waals surface area contributed by atoms with Crippen LogP contribution in [0.2, 0.25) is 0 Å². The van der Waals surface area contributed by atoms with Gasteiger partial charge < -0.3 is 34.9 Å². The molecule has 4 N–H and O–H groups in total. The lowest BCUT2D eigenvalue weighted by Crippen LogP contribution is -2.59. The number of hydrogen-bond donors (Lipinski definition) is 4. The minimum Gasteiger partial charge on any atom is -0.490 e. The van der Waals surface area contributed by atoms with Crippen LogP contribution in [0.3, 0.4) is 0 Å². The van der Waals surface area contributed by atoms with E-state index < -0.39 is 68.7 Å². The first-order valence-electron chi connectivity index (χ1n) is 21.3. The van der Waals surface area contributed by atoms with Crippen LogP contribution in [0.15, 0.2) is 49.1 Å². The zero-order valence-electron chi connectivity index (χ0n) is 33.3. The van der Waals surface area contributed by atoms with Crippen LogP contribution >= 0.6 is 0 Å². The van der Waals surface area contributed by atoms with Gasteiger partial charge in [0.2, 0.25) is 27.7 Å². The number of alkyl carbamates (subject to hydrolysis) is 1. The lowest BCUT2D eigenvalue weighted by atomic mass is 9.96. The number of amides is 4. The van der Waals surface area contributed by atoms with Crippen molar-refractivity contribution in [1.82, 2.24) is 25.2 Å². The van der Waals surface area contributed by atoms with Crippen molar-refractivity contribution < 1.29 is 46.9 Å². The molecule has 7 atom stereocenters. The van der Waals surface area contributed by atoms with Crippen molar-refractivity contribution in [2.75, 3.05) is 19.8 Å². The number of hydrogen-bond acceptors (Lipinski definition) is 11. The summed E-state index contributed by atoms with van der Waals surface area (Å²) in [6.07, 6.45) is 12.7. The summed E-state index contributed by atoms with van der Waals surface area (Å²) in [5, 5.41) is 15.6. The summed E-state index contributed by atoms with van der Waals surface area (Å²) in [7, 11) is -3.92. The highest BCUT2D eigenvalue weighted by atomic mass is 32.2. The number of nitrogens with one attached hydrogen (secondary N) is 3. The number of aromatic nitrogens is 1. The fourth-order valence-electron chi connectivity index (χ4n) is 9.61. The molecule has 5 fully saturated rings. The van der Waals surface area contributed by atoms with Crippen LogP contribution in [-0.4, -0.2) is 102 Å². The maximum Gasteiger partial charge on any atom is 0.408 e. The van der Waals surface area contributed by atoms with E-state index in [1.165, 1.54) is 11.0 Å². The van der Waals surface area contributed by atoms with Gasteiger partial charge in [-0.1, -0.05) is 43.2 Å². The second kappa shape index (κ2) is 17.1. The molecule has 16 heteroatoms. The number of aliphatic hydroxyl groups excluding tert-OH is 1. The molecular weight excluding hydrogens is 779 g/mol. The number of ether oxygens (including phenoxy) is 3. The molecule has 1 aromatic carbocycles. The number of benzene rings is 1. The zero-order chi connectivity index (χ0) is 41.3. The SMILES string of the molecule is C=C[C@@H]1C[C@]1(NC(=O)[C@@H]1C[C@@H]2CN1C(=O)[C@H](C1CCCC1)NC(=O)O[C@@H]1CCC[C@H]1CC/C=C\Cc1c(nc3ccccc3c1OCCO)O2)C(=O)NS(=O)(=O)C1CC1. The molecular formula is C43H55N5O10S. The Labute approximate surface area is 344 Å². The smallest absolute Gasteiger partial charge is 0.408 e. The molecule has 3 heterocycles. The third-order valence-electron chi connectivity index (χ3n) is 13.1. The van der Waals surface area contributed by atoms with E-state index in [4.69, 9.17) is 19.2 Å². The van der Waals surface area contributed by atoms with E-state index in [1.807, 2.05) is 30.3 Å². The number of sulfonamides is 1. The topological polar surface area (TPSA) is 203 Å². The number of aliphatic hydroxyl groups is 1. The second-order valence-corrected chi connectivity index (χ2v) is 19.0. The highest BCUT2D eigenvalue weighted by Gasteiger charge is 2.62. The Morgan fingerprint density at radius 3 is 2.56 bits per heavy atom. The van der Waals surface area contributed by atoms with E-state index in [0.717, 1.165) is 50.3 Å². The Morgan fingerprint density at radius 1 is 1.03 bits per heavy atom. The van der Waals surface area contributed by atoms with Crippen molar-refractivity contribution >= 4 is 44.7 Å². The number of carbonyl (C=O) groups is 4. The summed E-state index contributed by atoms with van der Waals surface area (Å²) in [4.78, 5) is 63.2. The normalized spacial score (nSPS) is 30.8. The average molecular weight is 834 g/mol. The zero-order valence-corrected chi connectivity index (χ0v) is 34.1. The summed E-state index contributed by atoms with van der Waals surface area (Å²) in [5.41, 5.74) is -0.318. The lowest BCUT2D eigenvalue weighted by Gasteiger charge is -2.32. The molecule has 8 rings (SSSR count). The predicted molar refractivity (Wildman–Crippen MR) is 217 cm³/mol. The largest absolute Gasteiger partial charge is 0.490 e. The molecule has 318 valence electrons. The Morgan fingerprint density at radius 2 is 1.81 bits per heavy atom. The van der Waals surface area contributed by atoms with Gasteiger partial charge in [0.25, 0.3) is 5.91 Å². The van der Waals surface area contributed by atoms with Gasteiger partial charge in [0.15, 0.2) is 0 Å². The highest BCUT2D eigenvalue weighted by molar-refractivity contribution is 7.91. The van der Waals surface area contributed by atoms with Crippen LogP contribution in [-0.2, 0) is 35.6 Å². The van der Waals surface area contributed by atoms with Crippen molar-refractivity contribution in [2.24, 2.45) is 17.8 Å². The van der Waals surface area contributed by atoms with E-state index in [1.54, 1.807) is 0 Å². The van der Waals surface area contributed by atoms with Gasteiger partial charge in [-0.25, -0.2) is 18.2 Å². The van der Waals surface area contributed by atoms with Gasteiger partial charge in [0.05, 0.1) is 29.5 Å². The van der Waals surface area contributed by atoms with Crippen molar-refractivity contribution in [3.8, 4) is 11.6 Å². The number of rotatable bonds is 10. The van der Waals surface area contributed by atoms with E-state index in [9.17, 15) is 32.7 Å². The van der Waals surface area contributed by atoms with Crippen LogP contribution in [0.4, 0.5) is 4.79 Å². The van der Waals surface area contributed by atoms with Gasteiger partial charge in [-0.15, -0.1) is 6.58 Å². The summed E-state index contributed by atoms with van der Waals surface area (Å²) < 4.78 is 46.8. The number of para-hydroxylation sites is 1. The van der Waals surface area contributed by atoms with E-state index in [2.05, 4.69) is 28.0 Å². The quantitative estimate of drug-likeness (QED) is 0.253. The Bertz CT molecular complexity index is 2100. The molecule has 0 spiro atoms. The van der Waals surface area contributed by atoms with Gasteiger partial charge in [-0.3, -0.25) is 19.1 Å². The van der Waals surface area contributed by atoms with Crippen LogP contribution in [0.25, 0.3) is 10.9 Å². The second-order valence-electron chi connectivity index (χ2n) is 17.0. The number of carbonyl (C=O) groups excluding carboxylic acids is 4. The molecule has 2 aromatic rings. The van der Waals surface area contributed by atoms with Gasteiger partial charge >= 0.3 is 6.09 Å². The maximum atomic E-state index is 14.9. The van der Waals surface area contributed by atoms with E-state index in [0.29, 0.717) is 48.9 Å². The van der Waals surface area contributed by atoms with Gasteiger partial charge in [-0.05, 0) is 94.6 Å². The van der Waals surface area contributed by atoms with Crippen LogP contribution < -0.4 is 24.8 Å². The van der Waals surface area contributed by atoms with Gasteiger partial charge in [0.1, 0.15) is 42.2 Å². The summed E-state index contributed by atoms with van der Waals surface area (Å²) in [6.45, 7) is 3.60. The van der Waals surface area contributed by atoms with Crippen molar-refractivity contribution in [1.29, 1.82) is 0 Å². The summed E-state index contributed by atoms with van der Waals surface area (Å²) >= 11 is 0. The van der Waals surface area contributed by atoms with Crippen LogP contribution in [0.5, 0.6) is 11.6 Å². The molecule has 59 heavy (non-hydrogen) atoms. The number of pyridine rings is 1. The first kappa shape index (κ1) is 41.1. The van der Waals surface area contributed by atoms with Gasteiger partial charge in [-0.2, -0.15) is 0 Å². The van der Waals surface area contributed by atoms with Crippen LogP contribution in [0, 0.1) is 17.8 Å². The number of fused-ring (bicyclic) bond motifs is 5. The van der Waals surface area contributed by atoms with Crippen molar-refractivity contribution in [2.45, 2.75) is 125 Å². The molecule has 0 radical (unpaired) electrons. The molecule has 2 aliphatic heterocycles. The number of allylic oxidation sites excluding steroid dienone is 2. The molecule has 2 bridgehead atoms. The van der Waals surface area contributed by atoms with E-state index in [-0.39, 0.29) is 56.4 Å². The fraction of sp³-hybridized carbons (Fsp3) is 0.605. The molecule has 4 aliphatic carbocycles. The summed E-state index contributed by atoms with van der Waals surface area (Å²) in [5.74, 6) is -1.72. The maximum absolute atomic E-state index is 14.9. The Kier molecular flexibility index (Phi) is 11.9. The number of nitrogens with zero attached hydrogens (tertiary/aromatic N) is 2. The third-order valence-corrected chi connectivity index (χ3v) is 14.9. The molecule has 0 unspecified atom stereocenters. The fourth-order valence-corrected chi connectivity index (χ4v) is 11.0. The Balaban J connectivity index is 1.16. The standard InChI is InChI=1S/C43H55N5O10S/c1-2-28-24-43(28,41(52)47-59(54,55)30-19-20-30)46-38(50)34-23-29-25-48(34)40(51)36(27-12-6-7-13-27)45-42(53)58-35-18-10-14-26(35)11-4-3-5-16-32-37(56-22-21-49)31-15-8-9-17-33(31)44-39(32)57-29/h2-3,5,8-9,15,17,26-30,34-36,49H,1,4,6-7,10-14,16,18-25H2,(H,45,53)(H,46,50)(H,47,52)/b5-3-/t26-,28-,29-,34+,35-,36+,43-/m1/s1. The molecule has 15 nitrogen and oxygen atoms in total. The minimum absolute atomic E-state index is 0.0105. The molecule has 1 aromatic heterocycles. The molecule has 1 saturated heterocycles. The van der Waals surface area contributed by atoms with Crippen molar-refractivity contribution in [3.63, 3.8) is 0 Å². The average Bonchev–Trinajstić information content (AvgIpc) is 4.01. The first-order valence-corrected chi connectivity index (χ1v) is 22.8. The van der Waals surface area contributed by atoms with Gasteiger partial charge in [0, 0.05) is 17.7 Å². The highest BCUT2D eigenvalue weighted by Crippen LogP contribution is 2.46. The third kappa shape index (κ3) is 8.66. The van der Waals surface area contributed by atoms with E-state index >= 15 is 0 Å². The first-order chi connectivity index (χ1) is 28.5. The Hall–Kier alpha value is -4.70. The lowest BCUT2D eigenvalue weighted by molar-refractivity contribution is -0.142. The minimum atomic E-state index is -3.92. The predicted octanol–water partition coefficient (Wildman–Crippen LogP) is 3.97. The molecule has 6 aliphatic rings.